The second-order valence-electron chi connectivity index (χ2n) is 9.57. The van der Waals surface area contributed by atoms with Crippen LogP contribution in [0, 0.1) is 11.8 Å². The third-order valence-electron chi connectivity index (χ3n) is 7.29. The van der Waals surface area contributed by atoms with E-state index in [4.69, 9.17) is 0 Å². The molecule has 4 aliphatic rings. The molecule has 0 heterocycles. The van der Waals surface area contributed by atoms with Crippen LogP contribution in [0.4, 0.5) is 0 Å². The minimum Gasteiger partial charge on any atom is -0.294 e. The predicted molar refractivity (Wildman–Crippen MR) is 130 cm³/mol. The molecule has 0 spiro atoms. The monoisotopic (exact) mass is 410 g/mol. The van der Waals surface area contributed by atoms with Gasteiger partial charge in [-0.05, 0) is 123 Å². The molecule has 160 valence electrons. The summed E-state index contributed by atoms with van der Waals surface area (Å²) in [7, 11) is 0. The van der Waals surface area contributed by atoms with Gasteiger partial charge in [0.1, 0.15) is 0 Å². The number of fused-ring (bicyclic) bond motifs is 2. The van der Waals surface area contributed by atoms with E-state index in [0.29, 0.717) is 5.78 Å². The molecule has 0 aromatic rings. The van der Waals surface area contributed by atoms with E-state index in [1.807, 2.05) is 26.8 Å². The lowest BCUT2D eigenvalue weighted by molar-refractivity contribution is -0.118. The van der Waals surface area contributed by atoms with E-state index in [1.165, 1.54) is 52.7 Å². The summed E-state index contributed by atoms with van der Waals surface area (Å²) in [6.07, 6.45) is 19.3. The lowest BCUT2D eigenvalue weighted by Crippen LogP contribution is -2.17. The van der Waals surface area contributed by atoms with Gasteiger partial charge in [0.15, 0.2) is 5.78 Å². The summed E-state index contributed by atoms with van der Waals surface area (Å²) in [5, 5.41) is 0. The molecule has 1 nitrogen and oxygen atoms in total. The Morgan fingerprint density at radius 1 is 1.13 bits per heavy atom. The van der Waals surface area contributed by atoms with Crippen LogP contribution in [-0.2, 0) is 4.79 Å². The van der Waals surface area contributed by atoms with Gasteiger partial charge in [-0.3, -0.25) is 4.79 Å². The first kappa shape index (κ1) is 21.6. The maximum atomic E-state index is 13.1. The minimum absolute atomic E-state index is 0.0708. The Balaban J connectivity index is 1.80. The Hall–Kier alpha value is -2.59. The van der Waals surface area contributed by atoms with Crippen molar-refractivity contribution >= 4 is 5.78 Å². The molecule has 0 aromatic carbocycles. The highest BCUT2D eigenvalue weighted by Gasteiger charge is 2.34. The number of Topliss-reactive ketones (excluding diaryl/α,β-unsaturated/α-hetero) is 1. The van der Waals surface area contributed by atoms with Crippen LogP contribution in [0.25, 0.3) is 0 Å². The third-order valence-corrected chi connectivity index (χ3v) is 7.29. The summed E-state index contributed by atoms with van der Waals surface area (Å²) in [4.78, 5) is 13.1. The number of hydrogen-bond donors (Lipinski definition) is 0. The van der Waals surface area contributed by atoms with E-state index in [1.54, 1.807) is 0 Å². The summed E-state index contributed by atoms with van der Waals surface area (Å²) >= 11 is 0. The fraction of sp³-hybridized carbons (Fsp3) is 0.433. The SMILES string of the molecule is C=C1CC=C=CC=C2C=C=C3CCCCCC3=C(C3=CCC(C(=O)C(C)=C(C)C)C3)C12. The first-order valence-corrected chi connectivity index (χ1v) is 11.8. The van der Waals surface area contributed by atoms with Crippen molar-refractivity contribution in [3.63, 3.8) is 0 Å². The lowest BCUT2D eigenvalue weighted by Gasteiger charge is -2.28. The quantitative estimate of drug-likeness (QED) is 0.263. The topological polar surface area (TPSA) is 17.1 Å². The standard InChI is InChI=1S/C30H34O/c1-20(2)22(4)30(31)26-18-17-25(19-26)29-27-14-10-6-8-12-23(27)15-16-24-13-9-5-7-11-21(3)28(24)29/h7,9,13,16-17,26,28H,3,6,8,10-12,14,18-19H2,1-2,4H3. The number of carbonyl (C=O) groups is 1. The first-order valence-electron chi connectivity index (χ1n) is 11.8. The Kier molecular flexibility index (Phi) is 6.47. The zero-order valence-corrected chi connectivity index (χ0v) is 19.3. The average molecular weight is 411 g/mol. The van der Waals surface area contributed by atoms with Crippen molar-refractivity contribution in [3.05, 3.63) is 93.0 Å². The van der Waals surface area contributed by atoms with Crippen molar-refractivity contribution in [2.75, 3.05) is 0 Å². The van der Waals surface area contributed by atoms with Gasteiger partial charge in [-0.25, -0.2) is 0 Å². The predicted octanol–water partition coefficient (Wildman–Crippen LogP) is 7.82. The molecule has 4 rings (SSSR count). The highest BCUT2D eigenvalue weighted by Crippen LogP contribution is 2.47. The van der Waals surface area contributed by atoms with E-state index >= 15 is 0 Å². The van der Waals surface area contributed by atoms with Gasteiger partial charge in [-0.1, -0.05) is 30.2 Å². The van der Waals surface area contributed by atoms with Crippen LogP contribution in [0.5, 0.6) is 0 Å². The maximum absolute atomic E-state index is 13.1. The summed E-state index contributed by atoms with van der Waals surface area (Å²) < 4.78 is 0. The van der Waals surface area contributed by atoms with Crippen LogP contribution in [0.1, 0.15) is 72.1 Å². The van der Waals surface area contributed by atoms with E-state index in [2.05, 4.69) is 42.3 Å². The van der Waals surface area contributed by atoms with Gasteiger partial charge in [0, 0.05) is 11.8 Å². The molecule has 1 saturated carbocycles. The van der Waals surface area contributed by atoms with Crippen molar-refractivity contribution < 1.29 is 4.79 Å². The average Bonchev–Trinajstić information content (AvgIpc) is 3.03. The second-order valence-corrected chi connectivity index (χ2v) is 9.57. The molecule has 0 saturated heterocycles. The first-order chi connectivity index (χ1) is 15.0. The zero-order chi connectivity index (χ0) is 22.0. The summed E-state index contributed by atoms with van der Waals surface area (Å²) in [6.45, 7) is 10.6. The molecule has 31 heavy (non-hydrogen) atoms. The van der Waals surface area contributed by atoms with Crippen LogP contribution < -0.4 is 0 Å². The van der Waals surface area contributed by atoms with E-state index < -0.39 is 0 Å². The maximum Gasteiger partial charge on any atom is 0.162 e. The molecule has 1 heteroatoms. The van der Waals surface area contributed by atoms with Gasteiger partial charge in [0.05, 0.1) is 0 Å². The Morgan fingerprint density at radius 2 is 1.94 bits per heavy atom. The van der Waals surface area contributed by atoms with Crippen LogP contribution in [0.2, 0.25) is 0 Å². The normalized spacial score (nSPS) is 25.4. The van der Waals surface area contributed by atoms with Gasteiger partial charge in [-0.15, -0.1) is 11.5 Å². The van der Waals surface area contributed by atoms with Crippen LogP contribution in [0.3, 0.4) is 0 Å². The van der Waals surface area contributed by atoms with Crippen molar-refractivity contribution in [1.82, 2.24) is 0 Å². The Labute approximate surface area is 187 Å². The fourth-order valence-electron chi connectivity index (χ4n) is 5.31. The number of allylic oxidation sites excluding steroid dienone is 11. The molecule has 4 aliphatic carbocycles. The van der Waals surface area contributed by atoms with Crippen molar-refractivity contribution in [3.8, 4) is 0 Å². The van der Waals surface area contributed by atoms with Crippen molar-refractivity contribution in [2.45, 2.75) is 72.1 Å². The lowest BCUT2D eigenvalue weighted by atomic mass is 9.76. The molecule has 1 fully saturated rings. The largest absolute Gasteiger partial charge is 0.294 e. The highest BCUT2D eigenvalue weighted by atomic mass is 16.1. The molecular formula is C30H34O. The molecule has 0 bridgehead atoms. The number of hydrogen-bond acceptors (Lipinski definition) is 1. The fourth-order valence-corrected chi connectivity index (χ4v) is 5.31. The van der Waals surface area contributed by atoms with Crippen molar-refractivity contribution in [1.29, 1.82) is 0 Å². The molecule has 0 aromatic heterocycles. The molecular weight excluding hydrogens is 376 g/mol. The molecule has 2 atom stereocenters. The van der Waals surface area contributed by atoms with E-state index in [0.717, 1.165) is 43.3 Å². The molecule has 0 aliphatic heterocycles. The summed E-state index contributed by atoms with van der Waals surface area (Å²) in [5.41, 5.74) is 17.1. The van der Waals surface area contributed by atoms with Crippen LogP contribution in [0.15, 0.2) is 93.0 Å². The van der Waals surface area contributed by atoms with Gasteiger partial charge in [-0.2, -0.15) is 0 Å². The molecule has 2 unspecified atom stereocenters. The Morgan fingerprint density at radius 3 is 2.74 bits per heavy atom. The third kappa shape index (κ3) is 4.40. The Bertz CT molecular complexity index is 1060. The minimum atomic E-state index is 0.0708. The summed E-state index contributed by atoms with van der Waals surface area (Å²) in [6, 6.07) is 0. The summed E-state index contributed by atoms with van der Waals surface area (Å²) in [5.74, 6) is 0.567. The number of carbonyl (C=O) groups excluding carboxylic acids is 1. The van der Waals surface area contributed by atoms with Gasteiger partial charge in [0.2, 0.25) is 0 Å². The number of rotatable bonds is 3. The van der Waals surface area contributed by atoms with Gasteiger partial charge < -0.3 is 0 Å². The van der Waals surface area contributed by atoms with Crippen molar-refractivity contribution in [2.24, 2.45) is 11.8 Å². The second kappa shape index (κ2) is 9.27. The van der Waals surface area contributed by atoms with Crippen LogP contribution >= 0.6 is 0 Å². The molecule has 0 amide bonds. The van der Waals surface area contributed by atoms with E-state index in [9.17, 15) is 4.79 Å². The van der Waals surface area contributed by atoms with Gasteiger partial charge in [0.25, 0.3) is 0 Å². The zero-order valence-electron chi connectivity index (χ0n) is 19.3. The van der Waals surface area contributed by atoms with Crippen LogP contribution in [-0.4, -0.2) is 5.78 Å². The van der Waals surface area contributed by atoms with Gasteiger partial charge >= 0.3 is 0 Å². The van der Waals surface area contributed by atoms with E-state index in [-0.39, 0.29) is 11.8 Å². The molecule has 0 N–H and O–H groups in total. The number of ketones is 1. The molecule has 0 radical (unpaired) electrons. The highest BCUT2D eigenvalue weighted by molar-refractivity contribution is 5.97. The smallest absolute Gasteiger partial charge is 0.162 e.